The van der Waals surface area contributed by atoms with Crippen molar-refractivity contribution in [3.63, 3.8) is 0 Å². The SMILES string of the molecule is CCCNC(=O)CCc1cc(OCCO)ccc1OCCO. The van der Waals surface area contributed by atoms with E-state index in [1.165, 1.54) is 0 Å². The van der Waals surface area contributed by atoms with Gasteiger partial charge in [0.15, 0.2) is 0 Å². The first-order valence-electron chi connectivity index (χ1n) is 7.58. The Kier molecular flexibility index (Phi) is 9.02. The molecule has 0 radical (unpaired) electrons. The Hall–Kier alpha value is -1.79. The van der Waals surface area contributed by atoms with Crippen LogP contribution in [0, 0.1) is 0 Å². The molecule has 0 aliphatic heterocycles. The Bertz CT molecular complexity index is 450. The van der Waals surface area contributed by atoms with Crippen LogP contribution in [-0.4, -0.2) is 49.1 Å². The van der Waals surface area contributed by atoms with Crippen molar-refractivity contribution in [1.29, 1.82) is 0 Å². The normalized spacial score (nSPS) is 10.3. The topological polar surface area (TPSA) is 88.0 Å². The summed E-state index contributed by atoms with van der Waals surface area (Å²) in [5.74, 6) is 1.25. The van der Waals surface area contributed by atoms with Crippen molar-refractivity contribution in [2.75, 3.05) is 33.0 Å². The van der Waals surface area contributed by atoms with Gasteiger partial charge in [0.1, 0.15) is 24.7 Å². The van der Waals surface area contributed by atoms with Crippen LogP contribution in [0.15, 0.2) is 18.2 Å². The van der Waals surface area contributed by atoms with Crippen molar-refractivity contribution < 1.29 is 24.5 Å². The van der Waals surface area contributed by atoms with Crippen LogP contribution in [0.2, 0.25) is 0 Å². The molecule has 1 aromatic carbocycles. The van der Waals surface area contributed by atoms with Crippen LogP contribution in [0.4, 0.5) is 0 Å². The summed E-state index contributed by atoms with van der Waals surface area (Å²) in [6.07, 6.45) is 1.78. The minimum absolute atomic E-state index is 0.00311. The second kappa shape index (κ2) is 10.9. The van der Waals surface area contributed by atoms with E-state index in [2.05, 4.69) is 5.32 Å². The first-order chi connectivity index (χ1) is 10.7. The highest BCUT2D eigenvalue weighted by Gasteiger charge is 2.09. The van der Waals surface area contributed by atoms with Crippen LogP contribution in [-0.2, 0) is 11.2 Å². The molecule has 0 unspecified atom stereocenters. The highest BCUT2D eigenvalue weighted by atomic mass is 16.5. The predicted octanol–water partition coefficient (Wildman–Crippen LogP) is 0.888. The summed E-state index contributed by atoms with van der Waals surface area (Å²) in [6.45, 7) is 2.96. The number of aliphatic hydroxyl groups excluding tert-OH is 2. The Morgan fingerprint density at radius 2 is 1.91 bits per heavy atom. The number of aliphatic hydroxyl groups is 2. The monoisotopic (exact) mass is 311 g/mol. The number of aryl methyl sites for hydroxylation is 1. The number of nitrogens with one attached hydrogen (secondary N) is 1. The van der Waals surface area contributed by atoms with E-state index in [9.17, 15) is 4.79 Å². The number of carbonyl (C=O) groups is 1. The van der Waals surface area contributed by atoms with Gasteiger partial charge in [0, 0.05) is 13.0 Å². The van der Waals surface area contributed by atoms with E-state index in [-0.39, 0.29) is 32.3 Å². The molecule has 0 aliphatic carbocycles. The molecular formula is C16H25NO5. The fraction of sp³-hybridized carbons (Fsp3) is 0.562. The Balaban J connectivity index is 2.70. The van der Waals surface area contributed by atoms with Gasteiger partial charge in [0.05, 0.1) is 13.2 Å². The third kappa shape index (κ3) is 6.78. The smallest absolute Gasteiger partial charge is 0.220 e. The summed E-state index contributed by atoms with van der Waals surface area (Å²) >= 11 is 0. The maximum atomic E-state index is 11.7. The summed E-state index contributed by atoms with van der Waals surface area (Å²) in [5.41, 5.74) is 0.843. The van der Waals surface area contributed by atoms with Crippen LogP contribution in [0.1, 0.15) is 25.3 Å². The number of benzene rings is 1. The minimum Gasteiger partial charge on any atom is -0.491 e. The molecule has 1 aromatic rings. The quantitative estimate of drug-likeness (QED) is 0.565. The van der Waals surface area contributed by atoms with Crippen molar-refractivity contribution in [3.05, 3.63) is 23.8 Å². The zero-order valence-electron chi connectivity index (χ0n) is 13.0. The average molecular weight is 311 g/mol. The fourth-order valence-electron chi connectivity index (χ4n) is 1.90. The number of carbonyl (C=O) groups excluding carboxylic acids is 1. The van der Waals surface area contributed by atoms with Crippen LogP contribution in [0.5, 0.6) is 11.5 Å². The van der Waals surface area contributed by atoms with Gasteiger partial charge in [-0.3, -0.25) is 4.79 Å². The summed E-state index contributed by atoms with van der Waals surface area (Å²) in [5, 5.41) is 20.5. The number of hydrogen-bond acceptors (Lipinski definition) is 5. The zero-order chi connectivity index (χ0) is 16.2. The maximum Gasteiger partial charge on any atom is 0.220 e. The van der Waals surface area contributed by atoms with Gasteiger partial charge >= 0.3 is 0 Å². The van der Waals surface area contributed by atoms with Gasteiger partial charge in [-0.15, -0.1) is 0 Å². The van der Waals surface area contributed by atoms with Crippen molar-refractivity contribution in [1.82, 2.24) is 5.32 Å². The molecule has 22 heavy (non-hydrogen) atoms. The van der Waals surface area contributed by atoms with Gasteiger partial charge in [0.2, 0.25) is 5.91 Å². The molecule has 0 spiro atoms. The van der Waals surface area contributed by atoms with E-state index in [1.54, 1.807) is 18.2 Å². The molecule has 0 saturated carbocycles. The van der Waals surface area contributed by atoms with Crippen molar-refractivity contribution in [2.24, 2.45) is 0 Å². The molecule has 0 saturated heterocycles. The van der Waals surface area contributed by atoms with E-state index in [0.29, 0.717) is 30.9 Å². The minimum atomic E-state index is -0.0702. The Labute approximate surface area is 131 Å². The third-order valence-corrected chi connectivity index (χ3v) is 2.93. The second-order valence-electron chi connectivity index (χ2n) is 4.76. The Morgan fingerprint density at radius 1 is 1.18 bits per heavy atom. The molecule has 0 aliphatic rings. The van der Waals surface area contributed by atoms with Gasteiger partial charge in [-0.05, 0) is 36.6 Å². The maximum absolute atomic E-state index is 11.7. The zero-order valence-corrected chi connectivity index (χ0v) is 13.0. The molecule has 0 bridgehead atoms. The number of rotatable bonds is 11. The average Bonchev–Trinajstić information content (AvgIpc) is 2.54. The molecule has 1 rings (SSSR count). The lowest BCUT2D eigenvalue weighted by Gasteiger charge is -2.13. The summed E-state index contributed by atoms with van der Waals surface area (Å²) in [7, 11) is 0. The Morgan fingerprint density at radius 3 is 2.59 bits per heavy atom. The van der Waals surface area contributed by atoms with Gasteiger partial charge in [-0.1, -0.05) is 6.92 Å². The van der Waals surface area contributed by atoms with E-state index < -0.39 is 0 Å². The van der Waals surface area contributed by atoms with Crippen molar-refractivity contribution in [3.8, 4) is 11.5 Å². The molecular weight excluding hydrogens is 286 g/mol. The first-order valence-corrected chi connectivity index (χ1v) is 7.58. The third-order valence-electron chi connectivity index (χ3n) is 2.93. The highest BCUT2D eigenvalue weighted by Crippen LogP contribution is 2.25. The van der Waals surface area contributed by atoms with Crippen LogP contribution in [0.3, 0.4) is 0 Å². The number of amides is 1. The summed E-state index contributed by atoms with van der Waals surface area (Å²) in [6, 6.07) is 5.29. The van der Waals surface area contributed by atoms with Crippen molar-refractivity contribution in [2.45, 2.75) is 26.2 Å². The van der Waals surface area contributed by atoms with E-state index in [1.807, 2.05) is 6.92 Å². The van der Waals surface area contributed by atoms with Gasteiger partial charge < -0.3 is 25.0 Å². The van der Waals surface area contributed by atoms with Crippen LogP contribution < -0.4 is 14.8 Å². The van der Waals surface area contributed by atoms with Gasteiger partial charge in [-0.2, -0.15) is 0 Å². The van der Waals surface area contributed by atoms with E-state index in [0.717, 1.165) is 12.0 Å². The van der Waals surface area contributed by atoms with Gasteiger partial charge in [-0.25, -0.2) is 0 Å². The van der Waals surface area contributed by atoms with Gasteiger partial charge in [0.25, 0.3) is 0 Å². The number of hydrogen-bond donors (Lipinski definition) is 3. The van der Waals surface area contributed by atoms with Crippen LogP contribution >= 0.6 is 0 Å². The molecule has 1 amide bonds. The van der Waals surface area contributed by atoms with E-state index >= 15 is 0 Å². The molecule has 6 heteroatoms. The largest absolute Gasteiger partial charge is 0.491 e. The first kappa shape index (κ1) is 18.3. The molecule has 124 valence electrons. The second-order valence-corrected chi connectivity index (χ2v) is 4.76. The summed E-state index contributed by atoms with van der Waals surface area (Å²) < 4.78 is 10.8. The molecule has 0 atom stereocenters. The number of ether oxygens (including phenoxy) is 2. The molecule has 0 heterocycles. The fourth-order valence-corrected chi connectivity index (χ4v) is 1.90. The van der Waals surface area contributed by atoms with Crippen LogP contribution in [0.25, 0.3) is 0 Å². The molecule has 6 nitrogen and oxygen atoms in total. The highest BCUT2D eigenvalue weighted by molar-refractivity contribution is 5.76. The lowest BCUT2D eigenvalue weighted by Crippen LogP contribution is -2.24. The van der Waals surface area contributed by atoms with Crippen molar-refractivity contribution >= 4 is 5.91 Å². The molecule has 0 aromatic heterocycles. The lowest BCUT2D eigenvalue weighted by atomic mass is 10.1. The molecule has 0 fully saturated rings. The molecule has 3 N–H and O–H groups in total. The van der Waals surface area contributed by atoms with E-state index in [4.69, 9.17) is 19.7 Å². The predicted molar refractivity (Wildman–Crippen MR) is 83.2 cm³/mol. The standard InChI is InChI=1S/C16H25NO5/c1-2-7-17-16(20)6-3-13-12-14(21-10-8-18)4-5-15(13)22-11-9-19/h4-5,12,18-19H,2-3,6-11H2,1H3,(H,17,20). The lowest BCUT2D eigenvalue weighted by molar-refractivity contribution is -0.121. The summed E-state index contributed by atoms with van der Waals surface area (Å²) in [4.78, 5) is 11.7.